The Kier molecular flexibility index (Phi) is 6.39. The van der Waals surface area contributed by atoms with E-state index in [2.05, 4.69) is 5.32 Å². The zero-order valence-corrected chi connectivity index (χ0v) is 13.6. The standard InChI is InChI=1S/C18H19F4NO2/c1-12(24)9-23-10-14-5-6-16(8-17(14)19)25-11-13-3-2-4-15(7-13)18(20,21)22/h2-8,12,23-24H,9-11H2,1H3/t12-/m1/s1. The van der Waals surface area contributed by atoms with Crippen LogP contribution in [0.3, 0.4) is 0 Å². The molecule has 0 heterocycles. The van der Waals surface area contributed by atoms with Gasteiger partial charge in [-0.1, -0.05) is 18.2 Å². The molecule has 7 heteroatoms. The number of alkyl halides is 3. The molecular formula is C18H19F4NO2. The summed E-state index contributed by atoms with van der Waals surface area (Å²) in [5.74, 6) is -0.256. The Bertz CT molecular complexity index is 702. The van der Waals surface area contributed by atoms with Crippen LogP contribution < -0.4 is 10.1 Å². The highest BCUT2D eigenvalue weighted by Crippen LogP contribution is 2.29. The molecule has 2 aromatic carbocycles. The monoisotopic (exact) mass is 357 g/mol. The third kappa shape index (κ3) is 6.03. The van der Waals surface area contributed by atoms with Crippen LogP contribution in [0.5, 0.6) is 5.75 Å². The number of rotatable bonds is 7. The van der Waals surface area contributed by atoms with Crippen LogP contribution >= 0.6 is 0 Å². The van der Waals surface area contributed by atoms with Crippen LogP contribution in [0.4, 0.5) is 17.6 Å². The number of hydrogen-bond acceptors (Lipinski definition) is 3. The van der Waals surface area contributed by atoms with Gasteiger partial charge in [-0.05, 0) is 30.7 Å². The van der Waals surface area contributed by atoms with Crippen molar-refractivity contribution in [1.82, 2.24) is 5.32 Å². The quantitative estimate of drug-likeness (QED) is 0.739. The van der Waals surface area contributed by atoms with E-state index in [4.69, 9.17) is 9.84 Å². The molecule has 0 bridgehead atoms. The summed E-state index contributed by atoms with van der Waals surface area (Å²) < 4.78 is 57.4. The van der Waals surface area contributed by atoms with Crippen LogP contribution in [-0.4, -0.2) is 17.8 Å². The molecule has 0 spiro atoms. The van der Waals surface area contributed by atoms with E-state index in [0.29, 0.717) is 17.7 Å². The number of ether oxygens (including phenoxy) is 1. The first kappa shape index (κ1) is 19.2. The third-order valence-corrected chi connectivity index (χ3v) is 3.44. The van der Waals surface area contributed by atoms with Crippen LogP contribution in [0.2, 0.25) is 0 Å². The van der Waals surface area contributed by atoms with E-state index in [9.17, 15) is 17.6 Å². The number of nitrogens with one attached hydrogen (secondary N) is 1. The maximum absolute atomic E-state index is 14.0. The van der Waals surface area contributed by atoms with Gasteiger partial charge < -0.3 is 15.2 Å². The molecule has 136 valence electrons. The molecule has 0 aromatic heterocycles. The molecule has 1 atom stereocenters. The fraction of sp³-hybridized carbons (Fsp3) is 0.333. The predicted molar refractivity (Wildman–Crippen MR) is 85.6 cm³/mol. The van der Waals surface area contributed by atoms with Crippen molar-refractivity contribution in [2.45, 2.75) is 32.4 Å². The van der Waals surface area contributed by atoms with Crippen LogP contribution in [-0.2, 0) is 19.3 Å². The molecule has 2 aromatic rings. The highest BCUT2D eigenvalue weighted by atomic mass is 19.4. The van der Waals surface area contributed by atoms with Crippen molar-refractivity contribution < 1.29 is 27.4 Å². The number of hydrogen-bond donors (Lipinski definition) is 2. The molecule has 3 nitrogen and oxygen atoms in total. The average Bonchev–Trinajstić information content (AvgIpc) is 2.54. The second-order valence-electron chi connectivity index (χ2n) is 5.72. The van der Waals surface area contributed by atoms with E-state index < -0.39 is 23.7 Å². The Morgan fingerprint density at radius 2 is 1.92 bits per heavy atom. The summed E-state index contributed by atoms with van der Waals surface area (Å²) in [6, 6.07) is 9.08. The zero-order valence-electron chi connectivity index (χ0n) is 13.6. The van der Waals surface area contributed by atoms with E-state index in [1.54, 1.807) is 13.0 Å². The van der Waals surface area contributed by atoms with Gasteiger partial charge in [-0.3, -0.25) is 0 Å². The Balaban J connectivity index is 1.96. The molecule has 0 unspecified atom stereocenters. The number of halogens is 4. The summed E-state index contributed by atoms with van der Waals surface area (Å²) in [6.45, 7) is 2.12. The summed E-state index contributed by atoms with van der Waals surface area (Å²) in [5, 5.41) is 12.0. The first-order valence-electron chi connectivity index (χ1n) is 7.72. The molecule has 0 radical (unpaired) electrons. The molecule has 0 saturated carbocycles. The normalized spacial score (nSPS) is 12.9. The molecule has 0 aliphatic heterocycles. The lowest BCUT2D eigenvalue weighted by atomic mass is 10.1. The van der Waals surface area contributed by atoms with Crippen molar-refractivity contribution in [3.05, 3.63) is 65.0 Å². The summed E-state index contributed by atoms with van der Waals surface area (Å²) in [7, 11) is 0. The van der Waals surface area contributed by atoms with Crippen molar-refractivity contribution in [3.8, 4) is 5.75 Å². The van der Waals surface area contributed by atoms with E-state index >= 15 is 0 Å². The van der Waals surface area contributed by atoms with Gasteiger partial charge in [0.1, 0.15) is 18.2 Å². The molecule has 0 aliphatic carbocycles. The van der Waals surface area contributed by atoms with Crippen LogP contribution in [0.15, 0.2) is 42.5 Å². The highest BCUT2D eigenvalue weighted by molar-refractivity contribution is 5.30. The van der Waals surface area contributed by atoms with Gasteiger partial charge in [0.25, 0.3) is 0 Å². The Labute approximate surface area is 143 Å². The Morgan fingerprint density at radius 1 is 1.16 bits per heavy atom. The summed E-state index contributed by atoms with van der Waals surface area (Å²) in [5.41, 5.74) is 0.00398. The lowest BCUT2D eigenvalue weighted by molar-refractivity contribution is -0.137. The second kappa shape index (κ2) is 8.31. The zero-order chi connectivity index (χ0) is 18.4. The molecule has 0 aliphatic rings. The fourth-order valence-electron chi connectivity index (χ4n) is 2.18. The molecule has 0 fully saturated rings. The minimum Gasteiger partial charge on any atom is -0.489 e. The van der Waals surface area contributed by atoms with Crippen molar-refractivity contribution in [2.75, 3.05) is 6.54 Å². The van der Waals surface area contributed by atoms with E-state index in [-0.39, 0.29) is 18.9 Å². The summed E-state index contributed by atoms with van der Waals surface area (Å²) in [4.78, 5) is 0. The van der Waals surface area contributed by atoms with Gasteiger partial charge >= 0.3 is 6.18 Å². The topological polar surface area (TPSA) is 41.5 Å². The van der Waals surface area contributed by atoms with Gasteiger partial charge in [-0.2, -0.15) is 13.2 Å². The van der Waals surface area contributed by atoms with Gasteiger partial charge in [-0.15, -0.1) is 0 Å². The molecule has 2 rings (SSSR count). The number of benzene rings is 2. The van der Waals surface area contributed by atoms with Gasteiger partial charge in [0.05, 0.1) is 11.7 Å². The SMILES string of the molecule is C[C@@H](O)CNCc1ccc(OCc2cccc(C(F)(F)F)c2)cc1F. The fourth-order valence-corrected chi connectivity index (χ4v) is 2.18. The summed E-state index contributed by atoms with van der Waals surface area (Å²) in [6.07, 6.45) is -4.94. The first-order chi connectivity index (χ1) is 11.8. The minimum absolute atomic E-state index is 0.0943. The van der Waals surface area contributed by atoms with Crippen LogP contribution in [0.1, 0.15) is 23.6 Å². The van der Waals surface area contributed by atoms with Crippen molar-refractivity contribution in [2.24, 2.45) is 0 Å². The summed E-state index contributed by atoms with van der Waals surface area (Å²) >= 11 is 0. The van der Waals surface area contributed by atoms with Crippen molar-refractivity contribution >= 4 is 0 Å². The van der Waals surface area contributed by atoms with E-state index in [1.165, 1.54) is 24.3 Å². The van der Waals surface area contributed by atoms with E-state index in [0.717, 1.165) is 12.1 Å². The van der Waals surface area contributed by atoms with Gasteiger partial charge in [0, 0.05) is 24.7 Å². The molecule has 0 amide bonds. The number of aliphatic hydroxyl groups is 1. The molecule has 0 saturated heterocycles. The second-order valence-corrected chi connectivity index (χ2v) is 5.72. The lowest BCUT2D eigenvalue weighted by Crippen LogP contribution is -2.24. The largest absolute Gasteiger partial charge is 0.489 e. The minimum atomic E-state index is -4.41. The average molecular weight is 357 g/mol. The van der Waals surface area contributed by atoms with Gasteiger partial charge in [0.15, 0.2) is 0 Å². The molecule has 25 heavy (non-hydrogen) atoms. The van der Waals surface area contributed by atoms with E-state index in [1.807, 2.05) is 0 Å². The van der Waals surface area contributed by atoms with Gasteiger partial charge in [-0.25, -0.2) is 4.39 Å². The van der Waals surface area contributed by atoms with Crippen molar-refractivity contribution in [1.29, 1.82) is 0 Å². The molecular weight excluding hydrogens is 338 g/mol. The third-order valence-electron chi connectivity index (χ3n) is 3.44. The first-order valence-corrected chi connectivity index (χ1v) is 7.72. The Morgan fingerprint density at radius 3 is 2.56 bits per heavy atom. The van der Waals surface area contributed by atoms with Crippen molar-refractivity contribution in [3.63, 3.8) is 0 Å². The van der Waals surface area contributed by atoms with Crippen LogP contribution in [0, 0.1) is 5.82 Å². The predicted octanol–water partition coefficient (Wildman–Crippen LogP) is 3.89. The maximum Gasteiger partial charge on any atom is 0.416 e. The van der Waals surface area contributed by atoms with Crippen LogP contribution in [0.25, 0.3) is 0 Å². The smallest absolute Gasteiger partial charge is 0.416 e. The van der Waals surface area contributed by atoms with Gasteiger partial charge in [0.2, 0.25) is 0 Å². The maximum atomic E-state index is 14.0. The Hall–Kier alpha value is -2.12. The highest BCUT2D eigenvalue weighted by Gasteiger charge is 2.30. The number of aliphatic hydroxyl groups excluding tert-OH is 1. The molecule has 2 N–H and O–H groups in total. The lowest BCUT2D eigenvalue weighted by Gasteiger charge is -2.11.